The quantitative estimate of drug-likeness (QED) is 0.761. The van der Waals surface area contributed by atoms with Gasteiger partial charge in [-0.2, -0.15) is 0 Å². The number of esters is 1. The molecule has 1 N–H and O–H groups in total. The number of hydrogen-bond donors (Lipinski definition) is 1. The molecular formula is C14H25NO3S. The lowest BCUT2D eigenvalue weighted by Crippen LogP contribution is -2.44. The van der Waals surface area contributed by atoms with Crippen molar-refractivity contribution < 1.29 is 14.3 Å². The van der Waals surface area contributed by atoms with Crippen molar-refractivity contribution in [3.8, 4) is 0 Å². The Kier molecular flexibility index (Phi) is 7.28. The monoisotopic (exact) mass is 287 g/mol. The van der Waals surface area contributed by atoms with Crippen LogP contribution < -0.4 is 5.32 Å². The number of carbonyl (C=O) groups is 2. The average Bonchev–Trinajstić information content (AvgIpc) is 2.35. The van der Waals surface area contributed by atoms with Crippen molar-refractivity contribution in [2.45, 2.75) is 46.1 Å². The van der Waals surface area contributed by atoms with Gasteiger partial charge in [0.1, 0.15) is 0 Å². The first kappa shape index (κ1) is 16.3. The molecule has 5 heteroatoms. The second kappa shape index (κ2) is 8.46. The fourth-order valence-electron chi connectivity index (χ4n) is 2.46. The third kappa shape index (κ3) is 5.85. The van der Waals surface area contributed by atoms with Crippen LogP contribution in [0.15, 0.2) is 0 Å². The molecule has 0 aromatic rings. The summed E-state index contributed by atoms with van der Waals surface area (Å²) >= 11 is 1.31. The minimum Gasteiger partial charge on any atom is -0.465 e. The first-order valence-corrected chi connectivity index (χ1v) is 8.22. The zero-order chi connectivity index (χ0) is 14.3. The zero-order valence-electron chi connectivity index (χ0n) is 12.1. The van der Waals surface area contributed by atoms with E-state index in [4.69, 9.17) is 4.74 Å². The Morgan fingerprint density at radius 1 is 1.26 bits per heavy atom. The van der Waals surface area contributed by atoms with Crippen molar-refractivity contribution in [2.75, 3.05) is 18.1 Å². The number of rotatable bonds is 6. The van der Waals surface area contributed by atoms with Gasteiger partial charge in [0, 0.05) is 6.04 Å². The van der Waals surface area contributed by atoms with E-state index in [1.54, 1.807) is 6.92 Å². The third-order valence-corrected chi connectivity index (χ3v) is 4.72. The van der Waals surface area contributed by atoms with Crippen LogP contribution in [0.4, 0.5) is 0 Å². The Labute approximate surface area is 120 Å². The number of thioether (sulfide) groups is 1. The summed E-state index contributed by atoms with van der Waals surface area (Å²) in [4.78, 5) is 23.0. The van der Waals surface area contributed by atoms with Crippen molar-refractivity contribution in [1.29, 1.82) is 0 Å². The summed E-state index contributed by atoms with van der Waals surface area (Å²) in [6.07, 6.45) is 3.51. The second-order valence-corrected chi connectivity index (χ2v) is 6.22. The maximum absolute atomic E-state index is 11.8. The number of ether oxygens (including phenoxy) is 1. The fraction of sp³-hybridized carbons (Fsp3) is 0.857. The molecule has 1 fully saturated rings. The predicted octanol–water partition coefficient (Wildman–Crippen LogP) is 2.22. The van der Waals surface area contributed by atoms with E-state index in [0.29, 0.717) is 30.2 Å². The van der Waals surface area contributed by atoms with Gasteiger partial charge in [0.25, 0.3) is 0 Å². The van der Waals surface area contributed by atoms with Crippen molar-refractivity contribution in [1.82, 2.24) is 5.32 Å². The van der Waals surface area contributed by atoms with Gasteiger partial charge in [-0.05, 0) is 25.2 Å². The van der Waals surface area contributed by atoms with Crippen molar-refractivity contribution in [3.05, 3.63) is 0 Å². The molecule has 1 aliphatic rings. The average molecular weight is 287 g/mol. The van der Waals surface area contributed by atoms with E-state index in [9.17, 15) is 9.59 Å². The molecule has 0 aromatic carbocycles. The van der Waals surface area contributed by atoms with Crippen molar-refractivity contribution in [2.24, 2.45) is 11.8 Å². The molecule has 0 aromatic heterocycles. The van der Waals surface area contributed by atoms with Crippen LogP contribution in [0, 0.1) is 11.8 Å². The Morgan fingerprint density at radius 2 is 2.00 bits per heavy atom. The minimum atomic E-state index is -0.250. The topological polar surface area (TPSA) is 55.4 Å². The van der Waals surface area contributed by atoms with Gasteiger partial charge in [-0.1, -0.05) is 26.7 Å². The van der Waals surface area contributed by atoms with Crippen LogP contribution in [0.3, 0.4) is 0 Å². The van der Waals surface area contributed by atoms with Gasteiger partial charge in [0.15, 0.2) is 0 Å². The van der Waals surface area contributed by atoms with E-state index in [-0.39, 0.29) is 17.6 Å². The number of hydrogen-bond acceptors (Lipinski definition) is 4. The first-order chi connectivity index (χ1) is 9.04. The predicted molar refractivity (Wildman–Crippen MR) is 78.1 cm³/mol. The van der Waals surface area contributed by atoms with Gasteiger partial charge in [-0.15, -0.1) is 11.8 Å². The van der Waals surface area contributed by atoms with Crippen LogP contribution in [0.5, 0.6) is 0 Å². The zero-order valence-corrected chi connectivity index (χ0v) is 12.9. The summed E-state index contributed by atoms with van der Waals surface area (Å²) in [5.41, 5.74) is 0. The van der Waals surface area contributed by atoms with Gasteiger partial charge in [-0.3, -0.25) is 9.59 Å². The smallest absolute Gasteiger partial charge is 0.315 e. The van der Waals surface area contributed by atoms with E-state index in [0.717, 1.165) is 6.42 Å². The summed E-state index contributed by atoms with van der Waals surface area (Å²) in [5.74, 6) is 1.56. The van der Waals surface area contributed by atoms with E-state index in [1.165, 1.54) is 24.6 Å². The molecule has 1 aliphatic carbocycles. The highest BCUT2D eigenvalue weighted by molar-refractivity contribution is 8.00. The summed E-state index contributed by atoms with van der Waals surface area (Å²) < 4.78 is 4.81. The van der Waals surface area contributed by atoms with Gasteiger partial charge < -0.3 is 10.1 Å². The first-order valence-electron chi connectivity index (χ1n) is 7.07. The number of nitrogens with one attached hydrogen (secondary N) is 1. The SMILES string of the molecule is CCOC(=O)CSCC(=O)N[C@@H]1CCC[C@@H](C)[C@@H]1C. The second-order valence-electron chi connectivity index (χ2n) is 5.24. The number of amides is 1. The van der Waals surface area contributed by atoms with Gasteiger partial charge in [-0.25, -0.2) is 0 Å². The third-order valence-electron chi connectivity index (χ3n) is 3.81. The normalized spacial score (nSPS) is 26.8. The number of carbonyl (C=O) groups excluding carboxylic acids is 2. The van der Waals surface area contributed by atoms with E-state index in [1.807, 2.05) is 0 Å². The largest absolute Gasteiger partial charge is 0.465 e. The molecule has 1 saturated carbocycles. The van der Waals surface area contributed by atoms with Crippen molar-refractivity contribution >= 4 is 23.6 Å². The van der Waals surface area contributed by atoms with Crippen LogP contribution in [-0.4, -0.2) is 36.0 Å². The molecule has 3 atom stereocenters. The lowest BCUT2D eigenvalue weighted by Gasteiger charge is -2.34. The van der Waals surface area contributed by atoms with Gasteiger partial charge >= 0.3 is 5.97 Å². The molecule has 1 amide bonds. The highest BCUT2D eigenvalue weighted by Gasteiger charge is 2.27. The molecule has 0 spiro atoms. The summed E-state index contributed by atoms with van der Waals surface area (Å²) in [6, 6.07) is 0.291. The molecule has 4 nitrogen and oxygen atoms in total. The van der Waals surface area contributed by atoms with Crippen molar-refractivity contribution in [3.63, 3.8) is 0 Å². The molecule has 110 valence electrons. The Bertz CT molecular complexity index is 309. The minimum absolute atomic E-state index is 0.0280. The molecule has 1 rings (SSSR count). The summed E-state index contributed by atoms with van der Waals surface area (Å²) in [5, 5.41) is 3.09. The van der Waals surface area contributed by atoms with Gasteiger partial charge in [0.2, 0.25) is 5.91 Å². The summed E-state index contributed by atoms with van der Waals surface area (Å²) in [6.45, 7) is 6.63. The molecular weight excluding hydrogens is 262 g/mol. The molecule has 0 heterocycles. The van der Waals surface area contributed by atoms with Gasteiger partial charge in [0.05, 0.1) is 18.1 Å². The molecule has 0 bridgehead atoms. The van der Waals surface area contributed by atoms with E-state index < -0.39 is 0 Å². The van der Waals surface area contributed by atoms with Crippen LogP contribution in [0.25, 0.3) is 0 Å². The maximum atomic E-state index is 11.8. The van der Waals surface area contributed by atoms with Crippen LogP contribution in [0.2, 0.25) is 0 Å². The summed E-state index contributed by atoms with van der Waals surface area (Å²) in [7, 11) is 0. The molecule has 19 heavy (non-hydrogen) atoms. The maximum Gasteiger partial charge on any atom is 0.315 e. The molecule has 0 radical (unpaired) electrons. The van der Waals surface area contributed by atoms with E-state index in [2.05, 4.69) is 19.2 Å². The lowest BCUT2D eigenvalue weighted by molar-refractivity contribution is -0.139. The van der Waals surface area contributed by atoms with Crippen LogP contribution >= 0.6 is 11.8 Å². The highest BCUT2D eigenvalue weighted by Crippen LogP contribution is 2.29. The fourth-order valence-corrected chi connectivity index (χ4v) is 3.08. The van der Waals surface area contributed by atoms with E-state index >= 15 is 0 Å². The Morgan fingerprint density at radius 3 is 2.68 bits per heavy atom. The Balaban J connectivity index is 2.21. The van der Waals surface area contributed by atoms with Crippen LogP contribution in [0.1, 0.15) is 40.0 Å². The lowest BCUT2D eigenvalue weighted by atomic mass is 9.78. The molecule has 0 aliphatic heterocycles. The standard InChI is InChI=1S/C14H25NO3S/c1-4-18-14(17)9-19-8-13(16)15-12-7-5-6-10(2)11(12)3/h10-12H,4-9H2,1-3H3,(H,15,16)/t10-,11+,12-/m1/s1. The highest BCUT2D eigenvalue weighted by atomic mass is 32.2. The van der Waals surface area contributed by atoms with Crippen LogP contribution in [-0.2, 0) is 14.3 Å². The Hall–Kier alpha value is -0.710. The molecule has 0 unspecified atom stereocenters. The molecule has 0 saturated heterocycles.